The van der Waals surface area contributed by atoms with Gasteiger partial charge >= 0.3 is 6.18 Å². The molecule has 0 radical (unpaired) electrons. The van der Waals surface area contributed by atoms with E-state index in [0.717, 1.165) is 0 Å². The van der Waals surface area contributed by atoms with Crippen LogP contribution < -0.4 is 5.32 Å². The van der Waals surface area contributed by atoms with Crippen LogP contribution in [0.25, 0.3) is 0 Å². The maximum absolute atomic E-state index is 12.3. The van der Waals surface area contributed by atoms with Crippen molar-refractivity contribution in [3.63, 3.8) is 0 Å². The monoisotopic (exact) mass is 260 g/mol. The molecule has 0 unspecified atom stereocenters. The van der Waals surface area contributed by atoms with Gasteiger partial charge in [-0.25, -0.2) is 0 Å². The zero-order valence-corrected chi connectivity index (χ0v) is 9.68. The molecule has 0 spiro atoms. The Hall–Kier alpha value is -2.05. The molecule has 1 aliphatic heterocycles. The van der Waals surface area contributed by atoms with E-state index >= 15 is 0 Å². The maximum Gasteiger partial charge on any atom is 0.432 e. The Morgan fingerprint density at radius 2 is 2.06 bits per heavy atom. The average Bonchev–Trinajstić information content (AvgIpc) is 2.27. The maximum atomic E-state index is 12.3. The van der Waals surface area contributed by atoms with Crippen LogP contribution >= 0.6 is 0 Å². The molecule has 4 nitrogen and oxygen atoms in total. The summed E-state index contributed by atoms with van der Waals surface area (Å²) in [7, 11) is 1.33. The van der Waals surface area contributed by atoms with Crippen molar-refractivity contribution in [3.05, 3.63) is 35.4 Å². The van der Waals surface area contributed by atoms with Gasteiger partial charge in [-0.05, 0) is 25.2 Å². The fraction of sp³-hybridized carbons (Fsp3) is 0.273. The normalized spacial score (nSPS) is 17.7. The van der Waals surface area contributed by atoms with Gasteiger partial charge in [-0.3, -0.25) is 10.2 Å². The van der Waals surface area contributed by atoms with Gasteiger partial charge in [0.15, 0.2) is 11.7 Å². The quantitative estimate of drug-likeness (QED) is 0.763. The first-order chi connectivity index (χ1) is 8.25. The second-order valence-electron chi connectivity index (χ2n) is 3.47. The number of Topliss-reactive ketones (excluding diaryl/α,β-unsaturated/α-hetero) is 1. The summed E-state index contributed by atoms with van der Waals surface area (Å²) < 4.78 is 41.6. The van der Waals surface area contributed by atoms with Crippen molar-refractivity contribution in [2.45, 2.75) is 13.1 Å². The number of allylic oxidation sites excluding steroid dienone is 4. The third kappa shape index (κ3) is 3.22. The molecule has 0 aromatic heterocycles. The first-order valence-corrected chi connectivity index (χ1v) is 4.87. The number of hydrogen-bond donors (Lipinski definition) is 2. The second kappa shape index (κ2) is 5.07. The lowest BCUT2D eigenvalue weighted by Crippen LogP contribution is -2.26. The van der Waals surface area contributed by atoms with Crippen LogP contribution in [-0.4, -0.2) is 24.8 Å². The topological polar surface area (TPSA) is 62.2 Å². The van der Waals surface area contributed by atoms with Crippen molar-refractivity contribution in [2.24, 2.45) is 0 Å². The van der Waals surface area contributed by atoms with E-state index in [1.807, 2.05) is 0 Å². The van der Waals surface area contributed by atoms with Gasteiger partial charge in [-0.15, -0.1) is 0 Å². The fourth-order valence-corrected chi connectivity index (χ4v) is 1.26. The Morgan fingerprint density at radius 1 is 1.44 bits per heavy atom. The molecule has 1 heterocycles. The number of dihydropyridines is 1. The van der Waals surface area contributed by atoms with Gasteiger partial charge in [-0.1, -0.05) is 0 Å². The summed E-state index contributed by atoms with van der Waals surface area (Å²) in [4.78, 5) is 11.3. The van der Waals surface area contributed by atoms with E-state index in [-0.39, 0.29) is 17.2 Å². The Labute approximate surface area is 101 Å². The highest BCUT2D eigenvalue weighted by atomic mass is 19.4. The molecule has 0 atom stereocenters. The molecule has 0 aliphatic carbocycles. The zero-order chi connectivity index (χ0) is 13.9. The Bertz CT molecular complexity index is 473. The van der Waals surface area contributed by atoms with Crippen molar-refractivity contribution in [2.75, 3.05) is 7.11 Å². The van der Waals surface area contributed by atoms with Crippen LogP contribution in [0.5, 0.6) is 0 Å². The van der Waals surface area contributed by atoms with Gasteiger partial charge in [0.25, 0.3) is 0 Å². The molecule has 7 heteroatoms. The summed E-state index contributed by atoms with van der Waals surface area (Å²) in [5.74, 6) is -0.212. The molecule has 0 aromatic rings. The van der Waals surface area contributed by atoms with E-state index in [1.54, 1.807) is 0 Å². The number of hydrogen-bond acceptors (Lipinski definition) is 4. The van der Waals surface area contributed by atoms with E-state index in [9.17, 15) is 18.0 Å². The predicted octanol–water partition coefficient (Wildman–Crippen LogP) is 2.06. The van der Waals surface area contributed by atoms with Crippen LogP contribution in [0.3, 0.4) is 0 Å². The standard InChI is InChI=1S/C11H11F3N2O2/c1-6(17)7-3-4-10(18-2)16-8(7)5-9(15)11(12,13)14/h3-5,15-16H,1-2H3/b8-5-,15-9?. The molecule has 0 amide bonds. The molecule has 0 aromatic carbocycles. The van der Waals surface area contributed by atoms with E-state index < -0.39 is 17.7 Å². The van der Waals surface area contributed by atoms with E-state index in [2.05, 4.69) is 5.32 Å². The van der Waals surface area contributed by atoms with Crippen LogP contribution in [-0.2, 0) is 9.53 Å². The lowest BCUT2D eigenvalue weighted by Gasteiger charge is -2.18. The molecule has 0 bridgehead atoms. The number of rotatable bonds is 3. The minimum absolute atomic E-state index is 0.0600. The summed E-state index contributed by atoms with van der Waals surface area (Å²) in [6.45, 7) is 1.23. The molecule has 2 N–H and O–H groups in total. The minimum atomic E-state index is -4.76. The Balaban J connectivity index is 3.11. The molecule has 0 saturated heterocycles. The second-order valence-corrected chi connectivity index (χ2v) is 3.47. The Kier molecular flexibility index (Phi) is 3.95. The largest absolute Gasteiger partial charge is 0.482 e. The fourth-order valence-electron chi connectivity index (χ4n) is 1.26. The van der Waals surface area contributed by atoms with Gasteiger partial charge in [-0.2, -0.15) is 13.2 Å². The minimum Gasteiger partial charge on any atom is -0.482 e. The summed E-state index contributed by atoms with van der Waals surface area (Å²) in [5, 5.41) is 9.40. The predicted molar refractivity (Wildman–Crippen MR) is 58.9 cm³/mol. The van der Waals surface area contributed by atoms with Crippen molar-refractivity contribution in [1.82, 2.24) is 5.32 Å². The van der Waals surface area contributed by atoms with Crippen molar-refractivity contribution in [3.8, 4) is 0 Å². The van der Waals surface area contributed by atoms with Crippen LogP contribution in [0, 0.1) is 5.41 Å². The van der Waals surface area contributed by atoms with Gasteiger partial charge in [0, 0.05) is 5.57 Å². The average molecular weight is 260 g/mol. The van der Waals surface area contributed by atoms with Crippen LogP contribution in [0.4, 0.5) is 13.2 Å². The molecule has 18 heavy (non-hydrogen) atoms. The number of methoxy groups -OCH3 is 1. The number of ether oxygens (including phenoxy) is 1. The van der Waals surface area contributed by atoms with Gasteiger partial charge in [0.05, 0.1) is 12.8 Å². The first-order valence-electron chi connectivity index (χ1n) is 4.87. The first kappa shape index (κ1) is 14.0. The lowest BCUT2D eigenvalue weighted by atomic mass is 10.0. The third-order valence-electron chi connectivity index (χ3n) is 2.14. The summed E-state index contributed by atoms with van der Waals surface area (Å²) in [6.07, 6.45) is -1.44. The van der Waals surface area contributed by atoms with Gasteiger partial charge < -0.3 is 10.1 Å². The number of halogens is 3. The van der Waals surface area contributed by atoms with Crippen molar-refractivity contribution in [1.29, 1.82) is 5.41 Å². The number of alkyl halides is 3. The van der Waals surface area contributed by atoms with Crippen LogP contribution in [0.1, 0.15) is 6.92 Å². The Morgan fingerprint density at radius 3 is 2.50 bits per heavy atom. The van der Waals surface area contributed by atoms with Gasteiger partial charge in [0.1, 0.15) is 5.71 Å². The molecule has 0 fully saturated rings. The lowest BCUT2D eigenvalue weighted by molar-refractivity contribution is -0.113. The molecule has 1 aliphatic rings. The highest BCUT2D eigenvalue weighted by Crippen LogP contribution is 2.21. The summed E-state index contributed by atoms with van der Waals surface area (Å²) in [5.41, 5.74) is -1.59. The van der Waals surface area contributed by atoms with Crippen LogP contribution in [0.2, 0.25) is 0 Å². The number of carbonyl (C=O) groups excluding carboxylic acids is 1. The highest BCUT2D eigenvalue weighted by molar-refractivity contribution is 6.03. The third-order valence-corrected chi connectivity index (χ3v) is 2.14. The summed E-state index contributed by atoms with van der Waals surface area (Å²) in [6, 6.07) is 0. The molecule has 1 rings (SSSR count). The van der Waals surface area contributed by atoms with Gasteiger partial charge in [0.2, 0.25) is 0 Å². The van der Waals surface area contributed by atoms with Crippen molar-refractivity contribution >= 4 is 11.5 Å². The van der Waals surface area contributed by atoms with Crippen LogP contribution in [0.15, 0.2) is 35.4 Å². The van der Waals surface area contributed by atoms with E-state index in [4.69, 9.17) is 10.1 Å². The SMILES string of the molecule is COC1=CC=C(C(C)=O)/C(=C/C(=N)C(F)(F)F)N1. The molecular weight excluding hydrogens is 249 g/mol. The number of nitrogens with one attached hydrogen (secondary N) is 2. The zero-order valence-electron chi connectivity index (χ0n) is 9.68. The molecule has 98 valence electrons. The molecular formula is C11H11F3N2O2. The van der Waals surface area contributed by atoms with Crippen molar-refractivity contribution < 1.29 is 22.7 Å². The summed E-state index contributed by atoms with van der Waals surface area (Å²) >= 11 is 0. The van der Waals surface area contributed by atoms with E-state index in [1.165, 1.54) is 26.2 Å². The highest BCUT2D eigenvalue weighted by Gasteiger charge is 2.33. The number of ketones is 1. The smallest absolute Gasteiger partial charge is 0.432 e. The van der Waals surface area contributed by atoms with E-state index in [0.29, 0.717) is 6.08 Å². The molecule has 0 saturated carbocycles. The number of carbonyl (C=O) groups is 1.